The molecule has 2 rings (SSSR count). The van der Waals surface area contributed by atoms with Gasteiger partial charge in [-0.05, 0) is 24.8 Å². The Morgan fingerprint density at radius 3 is 2.56 bits per heavy atom. The summed E-state index contributed by atoms with van der Waals surface area (Å²) >= 11 is 0. The summed E-state index contributed by atoms with van der Waals surface area (Å²) in [5.74, 6) is -0.754. The molecule has 1 aliphatic heterocycles. The van der Waals surface area contributed by atoms with E-state index in [2.05, 4.69) is 24.5 Å². The fourth-order valence-corrected chi connectivity index (χ4v) is 3.13. The molecule has 2 atom stereocenters. The second kappa shape index (κ2) is 8.65. The van der Waals surface area contributed by atoms with Gasteiger partial charge in [0.15, 0.2) is 0 Å². The monoisotopic (exact) mass is 345 g/mol. The molecule has 2 N–H and O–H groups in total. The van der Waals surface area contributed by atoms with Gasteiger partial charge in [0.25, 0.3) is 0 Å². The van der Waals surface area contributed by atoms with Crippen LogP contribution in [0.2, 0.25) is 0 Å². The highest BCUT2D eigenvalue weighted by atomic mass is 16.2. The quantitative estimate of drug-likeness (QED) is 0.727. The number of amides is 3. The summed E-state index contributed by atoms with van der Waals surface area (Å²) < 4.78 is 0. The van der Waals surface area contributed by atoms with E-state index < -0.39 is 11.8 Å². The molecule has 2 unspecified atom stereocenters. The number of piperazine rings is 1. The number of benzene rings is 1. The molecule has 1 saturated heterocycles. The molecular weight excluding hydrogens is 318 g/mol. The summed E-state index contributed by atoms with van der Waals surface area (Å²) in [6, 6.07) is 9.26. The van der Waals surface area contributed by atoms with Crippen LogP contribution in [0, 0.1) is 5.92 Å². The summed E-state index contributed by atoms with van der Waals surface area (Å²) in [5, 5.41) is 5.57. The number of nitrogens with one attached hydrogen (secondary N) is 2. The van der Waals surface area contributed by atoms with Gasteiger partial charge >= 0.3 is 11.8 Å². The Balaban J connectivity index is 1.93. The minimum absolute atomic E-state index is 0.0290. The summed E-state index contributed by atoms with van der Waals surface area (Å²) in [6.45, 7) is 6.83. The highest BCUT2D eigenvalue weighted by molar-refractivity contribution is 6.35. The fourth-order valence-electron chi connectivity index (χ4n) is 3.13. The molecule has 3 amide bonds. The Bertz CT molecular complexity index is 616. The second-order valence-electron chi connectivity index (χ2n) is 7.08. The number of rotatable bonds is 7. The summed E-state index contributed by atoms with van der Waals surface area (Å²) in [7, 11) is 0. The normalized spacial score (nSPS) is 18.9. The number of hydrogen-bond acceptors (Lipinski definition) is 3. The zero-order valence-electron chi connectivity index (χ0n) is 15.1. The van der Waals surface area contributed by atoms with E-state index in [1.54, 1.807) is 4.90 Å². The van der Waals surface area contributed by atoms with Crippen LogP contribution in [-0.2, 0) is 20.8 Å². The zero-order valence-corrected chi connectivity index (χ0v) is 15.1. The van der Waals surface area contributed by atoms with Crippen LogP contribution in [0.5, 0.6) is 0 Å². The predicted octanol–water partition coefficient (Wildman–Crippen LogP) is 1.11. The third-order valence-corrected chi connectivity index (χ3v) is 4.22. The smallest absolute Gasteiger partial charge is 0.312 e. The molecule has 6 nitrogen and oxygen atoms in total. The van der Waals surface area contributed by atoms with Crippen LogP contribution in [0.15, 0.2) is 30.3 Å². The molecule has 0 bridgehead atoms. The van der Waals surface area contributed by atoms with Crippen molar-refractivity contribution in [2.45, 2.75) is 45.7 Å². The average Bonchev–Trinajstić information content (AvgIpc) is 2.55. The Hall–Kier alpha value is -2.37. The number of hydrogen-bond donors (Lipinski definition) is 2. The van der Waals surface area contributed by atoms with Gasteiger partial charge in [-0.3, -0.25) is 14.4 Å². The van der Waals surface area contributed by atoms with Crippen molar-refractivity contribution in [3.8, 4) is 0 Å². The van der Waals surface area contributed by atoms with Crippen LogP contribution in [0.4, 0.5) is 0 Å². The molecule has 0 spiro atoms. The van der Waals surface area contributed by atoms with Crippen molar-refractivity contribution in [3.63, 3.8) is 0 Å². The van der Waals surface area contributed by atoms with Crippen molar-refractivity contribution in [2.24, 2.45) is 5.92 Å². The van der Waals surface area contributed by atoms with E-state index in [-0.39, 0.29) is 18.0 Å². The molecule has 0 saturated carbocycles. The first-order valence-corrected chi connectivity index (χ1v) is 8.79. The lowest BCUT2D eigenvalue weighted by atomic mass is 10.00. The Kier molecular flexibility index (Phi) is 6.56. The Labute approximate surface area is 149 Å². The summed E-state index contributed by atoms with van der Waals surface area (Å²) in [6.07, 6.45) is 1.12. The van der Waals surface area contributed by atoms with Crippen molar-refractivity contribution < 1.29 is 14.4 Å². The summed E-state index contributed by atoms with van der Waals surface area (Å²) in [4.78, 5) is 37.7. The van der Waals surface area contributed by atoms with Gasteiger partial charge in [-0.25, -0.2) is 0 Å². The molecule has 1 aromatic carbocycles. The molecular formula is C19H27N3O3. The van der Waals surface area contributed by atoms with Crippen molar-refractivity contribution in [3.05, 3.63) is 35.9 Å². The molecule has 0 radical (unpaired) electrons. The standard InChI is InChI=1S/C19H27N3O3/c1-13(2)9-16-11-20-18(24)19(25)22(16)12-14(3)21-17(23)10-15-7-5-4-6-8-15/h4-8,13-14,16H,9-12H2,1-3H3,(H,20,24)(H,21,23). The van der Waals surface area contributed by atoms with Gasteiger partial charge in [0, 0.05) is 25.2 Å². The maximum atomic E-state index is 12.2. The van der Waals surface area contributed by atoms with Gasteiger partial charge in [0.05, 0.1) is 6.42 Å². The zero-order chi connectivity index (χ0) is 18.4. The molecule has 0 aliphatic carbocycles. The van der Waals surface area contributed by atoms with Crippen molar-refractivity contribution >= 4 is 17.7 Å². The molecule has 1 aromatic rings. The van der Waals surface area contributed by atoms with Crippen LogP contribution in [0.25, 0.3) is 0 Å². The van der Waals surface area contributed by atoms with Gasteiger partial charge in [-0.2, -0.15) is 0 Å². The van der Waals surface area contributed by atoms with E-state index in [0.29, 0.717) is 25.4 Å². The van der Waals surface area contributed by atoms with Crippen molar-refractivity contribution in [2.75, 3.05) is 13.1 Å². The van der Waals surface area contributed by atoms with Gasteiger partial charge in [-0.1, -0.05) is 44.2 Å². The minimum Gasteiger partial charge on any atom is -0.352 e. The fraction of sp³-hybridized carbons (Fsp3) is 0.526. The van der Waals surface area contributed by atoms with Gasteiger partial charge in [-0.15, -0.1) is 0 Å². The third kappa shape index (κ3) is 5.59. The van der Waals surface area contributed by atoms with Crippen LogP contribution in [0.1, 0.15) is 32.8 Å². The lowest BCUT2D eigenvalue weighted by molar-refractivity contribution is -0.151. The first-order valence-electron chi connectivity index (χ1n) is 8.79. The first kappa shape index (κ1) is 19.0. The van der Waals surface area contributed by atoms with Crippen LogP contribution >= 0.6 is 0 Å². The van der Waals surface area contributed by atoms with Gasteiger partial charge in [0.1, 0.15) is 0 Å². The van der Waals surface area contributed by atoms with Crippen LogP contribution < -0.4 is 10.6 Å². The maximum Gasteiger partial charge on any atom is 0.312 e. The third-order valence-electron chi connectivity index (χ3n) is 4.22. The molecule has 1 aliphatic rings. The molecule has 136 valence electrons. The van der Waals surface area contributed by atoms with Crippen LogP contribution in [0.3, 0.4) is 0 Å². The lowest BCUT2D eigenvalue weighted by Gasteiger charge is -2.37. The minimum atomic E-state index is -0.567. The second-order valence-corrected chi connectivity index (χ2v) is 7.08. The van der Waals surface area contributed by atoms with Crippen LogP contribution in [-0.4, -0.2) is 47.8 Å². The van der Waals surface area contributed by atoms with E-state index in [1.165, 1.54) is 0 Å². The van der Waals surface area contributed by atoms with Gasteiger partial charge in [0.2, 0.25) is 5.91 Å². The molecule has 25 heavy (non-hydrogen) atoms. The lowest BCUT2D eigenvalue weighted by Crippen LogP contribution is -2.60. The van der Waals surface area contributed by atoms with E-state index in [0.717, 1.165) is 12.0 Å². The topological polar surface area (TPSA) is 78.5 Å². The Morgan fingerprint density at radius 1 is 1.24 bits per heavy atom. The molecule has 1 fully saturated rings. The molecule has 0 aromatic heterocycles. The molecule has 1 heterocycles. The van der Waals surface area contributed by atoms with E-state index in [1.807, 2.05) is 37.3 Å². The van der Waals surface area contributed by atoms with Crippen molar-refractivity contribution in [1.29, 1.82) is 0 Å². The average molecular weight is 345 g/mol. The summed E-state index contributed by atoms with van der Waals surface area (Å²) in [5.41, 5.74) is 0.943. The van der Waals surface area contributed by atoms with E-state index in [9.17, 15) is 14.4 Å². The maximum absolute atomic E-state index is 12.2. The SMILES string of the molecule is CC(C)CC1CNC(=O)C(=O)N1CC(C)NC(=O)Cc1ccccc1. The first-order chi connectivity index (χ1) is 11.9. The largest absolute Gasteiger partial charge is 0.352 e. The van der Waals surface area contributed by atoms with E-state index >= 15 is 0 Å². The van der Waals surface area contributed by atoms with E-state index in [4.69, 9.17) is 0 Å². The highest BCUT2D eigenvalue weighted by Gasteiger charge is 2.34. The number of carbonyl (C=O) groups excluding carboxylic acids is 3. The van der Waals surface area contributed by atoms with Gasteiger partial charge < -0.3 is 15.5 Å². The van der Waals surface area contributed by atoms with Crippen molar-refractivity contribution in [1.82, 2.24) is 15.5 Å². The Morgan fingerprint density at radius 2 is 1.92 bits per heavy atom. The number of nitrogens with zero attached hydrogens (tertiary/aromatic N) is 1. The highest BCUT2D eigenvalue weighted by Crippen LogP contribution is 2.15. The predicted molar refractivity (Wildman–Crippen MR) is 95.7 cm³/mol. The molecule has 6 heteroatoms. The number of carbonyl (C=O) groups is 3.